The van der Waals surface area contributed by atoms with Crippen LogP contribution >= 0.6 is 24.0 Å². The van der Waals surface area contributed by atoms with E-state index in [0.717, 1.165) is 5.56 Å². The molecule has 0 bridgehead atoms. The Balaban J connectivity index is 2.21. The first-order valence-electron chi connectivity index (χ1n) is 8.22. The van der Waals surface area contributed by atoms with E-state index >= 15 is 0 Å². The van der Waals surface area contributed by atoms with Crippen LogP contribution in [0.3, 0.4) is 0 Å². The van der Waals surface area contributed by atoms with Crippen LogP contribution in [0.1, 0.15) is 25.8 Å². The lowest BCUT2D eigenvalue weighted by Crippen LogP contribution is -2.30. The molecule has 0 spiro atoms. The maximum Gasteiger partial charge on any atom is 0.307 e. The highest BCUT2D eigenvalue weighted by Crippen LogP contribution is 2.37. The van der Waals surface area contributed by atoms with Crippen molar-refractivity contribution in [3.63, 3.8) is 0 Å². The van der Waals surface area contributed by atoms with Crippen molar-refractivity contribution < 1.29 is 23.8 Å². The fraction of sp³-hybridized carbons (Fsp3) is 0.389. The molecule has 1 aromatic carbocycles. The number of nitrogens with zero attached hydrogens (tertiary/aromatic N) is 1. The molecule has 6 nitrogen and oxygen atoms in total. The molecule has 0 atom stereocenters. The zero-order valence-corrected chi connectivity index (χ0v) is 16.6. The first kappa shape index (κ1) is 20.3. The van der Waals surface area contributed by atoms with Crippen LogP contribution < -0.4 is 9.47 Å². The molecule has 0 radical (unpaired) electrons. The second kappa shape index (κ2) is 9.59. The Hall–Kier alpha value is -2.06. The van der Waals surface area contributed by atoms with Crippen LogP contribution in [0, 0.1) is 0 Å². The van der Waals surface area contributed by atoms with Crippen LogP contribution in [0.25, 0.3) is 6.08 Å². The summed E-state index contributed by atoms with van der Waals surface area (Å²) < 4.78 is 16.3. The van der Waals surface area contributed by atoms with Crippen molar-refractivity contribution in [3.8, 4) is 11.5 Å². The Kier molecular flexibility index (Phi) is 7.47. The third-order valence-electron chi connectivity index (χ3n) is 3.52. The second-order valence-electron chi connectivity index (χ2n) is 5.20. The van der Waals surface area contributed by atoms with E-state index in [9.17, 15) is 9.59 Å². The molecule has 0 aliphatic carbocycles. The number of carbonyl (C=O) groups is 2. The van der Waals surface area contributed by atoms with Crippen LogP contribution in [0.15, 0.2) is 23.1 Å². The van der Waals surface area contributed by atoms with Crippen molar-refractivity contribution in [3.05, 3.63) is 28.7 Å². The van der Waals surface area contributed by atoms with Gasteiger partial charge in [0.2, 0.25) is 0 Å². The third-order valence-corrected chi connectivity index (χ3v) is 4.90. The van der Waals surface area contributed by atoms with Crippen LogP contribution in [0.2, 0.25) is 0 Å². The normalized spacial score (nSPS) is 15.5. The number of methoxy groups -OCH3 is 1. The molecule has 2 rings (SSSR count). The summed E-state index contributed by atoms with van der Waals surface area (Å²) in [5.74, 6) is 0.596. The number of hydrogen-bond acceptors (Lipinski definition) is 7. The number of para-hydroxylation sites is 1. The lowest BCUT2D eigenvalue weighted by atomic mass is 10.1. The molecule has 26 heavy (non-hydrogen) atoms. The number of carbonyl (C=O) groups excluding carboxylic acids is 2. The van der Waals surface area contributed by atoms with Crippen molar-refractivity contribution in [2.75, 3.05) is 26.9 Å². The Bertz CT molecular complexity index is 732. The largest absolute Gasteiger partial charge is 0.493 e. The monoisotopic (exact) mass is 395 g/mol. The molecule has 0 aromatic heterocycles. The second-order valence-corrected chi connectivity index (χ2v) is 6.88. The smallest absolute Gasteiger partial charge is 0.307 e. The van der Waals surface area contributed by atoms with Gasteiger partial charge in [-0.1, -0.05) is 36.1 Å². The minimum atomic E-state index is -0.350. The summed E-state index contributed by atoms with van der Waals surface area (Å²) in [6.07, 6.45) is 1.84. The minimum Gasteiger partial charge on any atom is -0.493 e. The molecular formula is C18H21NO5S2. The topological polar surface area (TPSA) is 65.1 Å². The van der Waals surface area contributed by atoms with Gasteiger partial charge in [0, 0.05) is 12.1 Å². The average Bonchev–Trinajstić information content (AvgIpc) is 2.88. The fourth-order valence-corrected chi connectivity index (χ4v) is 3.68. The molecule has 8 heteroatoms. The van der Waals surface area contributed by atoms with Gasteiger partial charge < -0.3 is 14.2 Å². The number of ether oxygens (including phenoxy) is 3. The molecule has 1 aliphatic heterocycles. The maximum atomic E-state index is 12.6. The van der Waals surface area contributed by atoms with Gasteiger partial charge in [0.15, 0.2) is 11.5 Å². The predicted molar refractivity (Wildman–Crippen MR) is 105 cm³/mol. The first-order valence-corrected chi connectivity index (χ1v) is 9.45. The SMILES string of the molecule is CCOC(=O)CCN1C(=O)/C(=C/c2cccc(OC)c2OCC)SC1=S. The van der Waals surface area contributed by atoms with Crippen LogP contribution in [-0.4, -0.2) is 48.0 Å². The Morgan fingerprint density at radius 1 is 1.31 bits per heavy atom. The van der Waals surface area contributed by atoms with E-state index in [1.165, 1.54) is 16.7 Å². The molecule has 0 saturated carbocycles. The Morgan fingerprint density at radius 2 is 2.08 bits per heavy atom. The molecule has 1 fully saturated rings. The number of amides is 1. The molecule has 1 saturated heterocycles. The van der Waals surface area contributed by atoms with Crippen molar-refractivity contribution in [2.24, 2.45) is 0 Å². The summed E-state index contributed by atoms with van der Waals surface area (Å²) in [5.41, 5.74) is 0.733. The van der Waals surface area contributed by atoms with E-state index in [1.807, 2.05) is 19.1 Å². The number of thioether (sulfide) groups is 1. The highest BCUT2D eigenvalue weighted by molar-refractivity contribution is 8.26. The van der Waals surface area contributed by atoms with E-state index in [1.54, 1.807) is 26.2 Å². The number of benzene rings is 1. The van der Waals surface area contributed by atoms with Gasteiger partial charge in [-0.2, -0.15) is 0 Å². The molecule has 0 N–H and O–H groups in total. The number of thiocarbonyl (C=S) groups is 1. The summed E-state index contributed by atoms with van der Waals surface area (Å²) in [7, 11) is 1.57. The quantitative estimate of drug-likeness (QED) is 0.380. The van der Waals surface area contributed by atoms with E-state index < -0.39 is 0 Å². The highest BCUT2D eigenvalue weighted by atomic mass is 32.2. The van der Waals surface area contributed by atoms with Gasteiger partial charge in [0.1, 0.15) is 4.32 Å². The third kappa shape index (κ3) is 4.76. The number of rotatable bonds is 8. The average molecular weight is 396 g/mol. The first-order chi connectivity index (χ1) is 12.5. The van der Waals surface area contributed by atoms with Gasteiger partial charge in [-0.05, 0) is 26.0 Å². The highest BCUT2D eigenvalue weighted by Gasteiger charge is 2.32. The zero-order chi connectivity index (χ0) is 19.1. The summed E-state index contributed by atoms with van der Waals surface area (Å²) in [4.78, 5) is 26.1. The molecule has 1 amide bonds. The standard InChI is InChI=1S/C18H21NO5S2/c1-4-23-15(20)9-10-19-17(21)14(26-18(19)25)11-12-7-6-8-13(22-3)16(12)24-5-2/h6-8,11H,4-5,9-10H2,1-3H3/b14-11-. The maximum absolute atomic E-state index is 12.6. The van der Waals surface area contributed by atoms with Crippen molar-refractivity contribution in [1.29, 1.82) is 0 Å². The predicted octanol–water partition coefficient (Wildman–Crippen LogP) is 3.25. The molecule has 1 aromatic rings. The fourth-order valence-electron chi connectivity index (χ4n) is 2.38. The van der Waals surface area contributed by atoms with E-state index in [0.29, 0.717) is 33.9 Å². The van der Waals surface area contributed by atoms with Crippen LogP contribution in [0.4, 0.5) is 0 Å². The van der Waals surface area contributed by atoms with Gasteiger partial charge in [-0.3, -0.25) is 14.5 Å². The lowest BCUT2D eigenvalue weighted by Gasteiger charge is -2.13. The Morgan fingerprint density at radius 3 is 2.73 bits per heavy atom. The van der Waals surface area contributed by atoms with Crippen molar-refractivity contribution in [1.82, 2.24) is 4.90 Å². The Labute approximate surface area is 162 Å². The van der Waals surface area contributed by atoms with Gasteiger partial charge in [-0.25, -0.2) is 0 Å². The van der Waals surface area contributed by atoms with Gasteiger partial charge >= 0.3 is 5.97 Å². The molecule has 1 heterocycles. The van der Waals surface area contributed by atoms with Gasteiger partial charge in [0.05, 0.1) is 31.6 Å². The van der Waals surface area contributed by atoms with Crippen LogP contribution in [-0.2, 0) is 14.3 Å². The molecular weight excluding hydrogens is 374 g/mol. The molecule has 1 aliphatic rings. The van der Waals surface area contributed by atoms with Gasteiger partial charge in [-0.15, -0.1) is 0 Å². The summed E-state index contributed by atoms with van der Waals surface area (Å²) in [6, 6.07) is 5.47. The van der Waals surface area contributed by atoms with E-state index in [-0.39, 0.29) is 24.8 Å². The van der Waals surface area contributed by atoms with Crippen LogP contribution in [0.5, 0.6) is 11.5 Å². The lowest BCUT2D eigenvalue weighted by molar-refractivity contribution is -0.143. The number of hydrogen-bond donors (Lipinski definition) is 0. The summed E-state index contributed by atoms with van der Waals surface area (Å²) in [6.45, 7) is 4.61. The molecule has 140 valence electrons. The zero-order valence-electron chi connectivity index (χ0n) is 14.9. The minimum absolute atomic E-state index is 0.108. The van der Waals surface area contributed by atoms with Crippen molar-refractivity contribution >= 4 is 46.3 Å². The number of esters is 1. The molecule has 0 unspecified atom stereocenters. The van der Waals surface area contributed by atoms with E-state index in [2.05, 4.69) is 0 Å². The van der Waals surface area contributed by atoms with E-state index in [4.69, 9.17) is 26.4 Å². The van der Waals surface area contributed by atoms with Gasteiger partial charge in [0.25, 0.3) is 5.91 Å². The van der Waals surface area contributed by atoms with Crippen molar-refractivity contribution in [2.45, 2.75) is 20.3 Å². The summed E-state index contributed by atoms with van der Waals surface area (Å²) >= 11 is 6.48. The summed E-state index contributed by atoms with van der Waals surface area (Å²) in [5, 5.41) is 0.